The van der Waals surface area contributed by atoms with Crippen molar-refractivity contribution in [2.24, 2.45) is 0 Å². The molecular formula is C26H37N5O. The van der Waals surface area contributed by atoms with E-state index in [0.29, 0.717) is 17.8 Å². The first-order valence-corrected chi connectivity index (χ1v) is 11.7. The van der Waals surface area contributed by atoms with Crippen molar-refractivity contribution in [3.8, 4) is 0 Å². The van der Waals surface area contributed by atoms with Gasteiger partial charge in [-0.1, -0.05) is 31.5 Å². The summed E-state index contributed by atoms with van der Waals surface area (Å²) in [7, 11) is 0. The van der Waals surface area contributed by atoms with Crippen LogP contribution in [0.15, 0.2) is 18.3 Å². The molecule has 0 aliphatic rings. The maximum atomic E-state index is 12.8. The molecule has 0 aliphatic carbocycles. The summed E-state index contributed by atoms with van der Waals surface area (Å²) < 4.78 is 1.81. The largest absolute Gasteiger partial charge is 0.352 e. The lowest BCUT2D eigenvalue weighted by atomic mass is 9.93. The number of hydrogen-bond donors (Lipinski definition) is 1. The zero-order valence-corrected chi connectivity index (χ0v) is 20.7. The second kappa shape index (κ2) is 10.3. The van der Waals surface area contributed by atoms with Crippen molar-refractivity contribution in [1.29, 1.82) is 0 Å². The molecule has 0 bridgehead atoms. The number of aryl methyl sites for hydroxylation is 5. The van der Waals surface area contributed by atoms with Gasteiger partial charge in [-0.2, -0.15) is 5.10 Å². The molecule has 0 aliphatic heterocycles. The number of nitrogens with zero attached hydrogens (tertiary/aromatic N) is 4. The van der Waals surface area contributed by atoms with Gasteiger partial charge in [0.05, 0.1) is 6.20 Å². The second-order valence-corrected chi connectivity index (χ2v) is 8.75. The molecular weight excluding hydrogens is 398 g/mol. The summed E-state index contributed by atoms with van der Waals surface area (Å²) in [5.41, 5.74) is 9.53. The summed E-state index contributed by atoms with van der Waals surface area (Å²) in [6.45, 7) is 18.6. The fraction of sp³-hybridized carbons (Fsp3) is 0.500. The average Bonchev–Trinajstić information content (AvgIpc) is 3.16. The van der Waals surface area contributed by atoms with Crippen molar-refractivity contribution in [2.45, 2.75) is 61.3 Å². The summed E-state index contributed by atoms with van der Waals surface area (Å²) in [5.74, 6) is -0.108. The number of carbonyl (C=O) groups excluding carboxylic acids is 1. The molecule has 1 N–H and O–H groups in total. The molecule has 3 rings (SSSR count). The minimum absolute atomic E-state index is 0.108. The van der Waals surface area contributed by atoms with E-state index < -0.39 is 0 Å². The highest BCUT2D eigenvalue weighted by Gasteiger charge is 2.19. The van der Waals surface area contributed by atoms with Gasteiger partial charge in [0.2, 0.25) is 0 Å². The van der Waals surface area contributed by atoms with Crippen molar-refractivity contribution in [3.63, 3.8) is 0 Å². The second-order valence-electron chi connectivity index (χ2n) is 8.75. The van der Waals surface area contributed by atoms with Crippen LogP contribution < -0.4 is 5.32 Å². The Kier molecular flexibility index (Phi) is 7.67. The van der Waals surface area contributed by atoms with E-state index in [1.165, 1.54) is 27.8 Å². The Morgan fingerprint density at radius 3 is 2.31 bits per heavy atom. The topological polar surface area (TPSA) is 62.5 Å². The highest BCUT2D eigenvalue weighted by atomic mass is 16.1. The van der Waals surface area contributed by atoms with Crippen LogP contribution in [0.1, 0.15) is 69.8 Å². The van der Waals surface area contributed by atoms with E-state index >= 15 is 0 Å². The van der Waals surface area contributed by atoms with Crippen molar-refractivity contribution < 1.29 is 4.79 Å². The Morgan fingerprint density at radius 2 is 1.69 bits per heavy atom. The highest BCUT2D eigenvalue weighted by molar-refractivity contribution is 5.99. The molecule has 0 radical (unpaired) electrons. The number of benzene rings is 1. The molecule has 0 spiro atoms. The lowest BCUT2D eigenvalue weighted by Gasteiger charge is -2.17. The van der Waals surface area contributed by atoms with Crippen LogP contribution >= 0.6 is 0 Å². The standard InChI is InChI=1S/C26H37N5O/c1-8-30(9-2)12-10-11-27-26(32)24-16-28-31-21(7)23(20(6)29-25(24)31)15-22-18(4)13-17(3)14-19(22)5/h13-14,16H,8-12,15H2,1-7H3,(H,27,32). The highest BCUT2D eigenvalue weighted by Crippen LogP contribution is 2.24. The third kappa shape index (κ3) is 5.01. The van der Waals surface area contributed by atoms with Crippen LogP contribution in [-0.4, -0.2) is 51.6 Å². The van der Waals surface area contributed by atoms with Gasteiger partial charge in [0.25, 0.3) is 5.91 Å². The minimum atomic E-state index is -0.108. The zero-order chi connectivity index (χ0) is 23.4. The number of carbonyl (C=O) groups is 1. The molecule has 0 saturated carbocycles. The van der Waals surface area contributed by atoms with Crippen LogP contribution in [0.3, 0.4) is 0 Å². The van der Waals surface area contributed by atoms with Gasteiger partial charge in [-0.3, -0.25) is 4.79 Å². The van der Waals surface area contributed by atoms with Gasteiger partial charge in [0.1, 0.15) is 5.56 Å². The van der Waals surface area contributed by atoms with Gasteiger partial charge in [0, 0.05) is 24.4 Å². The Labute approximate surface area is 192 Å². The first-order valence-electron chi connectivity index (χ1n) is 11.7. The maximum absolute atomic E-state index is 12.8. The Balaban J connectivity index is 1.81. The zero-order valence-electron chi connectivity index (χ0n) is 20.7. The molecule has 172 valence electrons. The quantitative estimate of drug-likeness (QED) is 0.508. The Hall–Kier alpha value is -2.73. The van der Waals surface area contributed by atoms with Crippen LogP contribution in [-0.2, 0) is 6.42 Å². The predicted molar refractivity (Wildman–Crippen MR) is 131 cm³/mol. The number of amides is 1. The average molecular weight is 436 g/mol. The molecule has 0 saturated heterocycles. The fourth-order valence-corrected chi connectivity index (χ4v) is 4.53. The molecule has 32 heavy (non-hydrogen) atoms. The molecule has 6 heteroatoms. The van der Waals surface area contributed by atoms with Crippen LogP contribution in [0, 0.1) is 34.6 Å². The van der Waals surface area contributed by atoms with E-state index in [4.69, 9.17) is 4.98 Å². The van der Waals surface area contributed by atoms with Gasteiger partial charge in [-0.05, 0) is 82.9 Å². The van der Waals surface area contributed by atoms with Crippen molar-refractivity contribution >= 4 is 11.6 Å². The number of nitrogens with one attached hydrogen (secondary N) is 1. The summed E-state index contributed by atoms with van der Waals surface area (Å²) in [5, 5.41) is 7.55. The molecule has 6 nitrogen and oxygen atoms in total. The van der Waals surface area contributed by atoms with E-state index in [1.54, 1.807) is 6.20 Å². The summed E-state index contributed by atoms with van der Waals surface area (Å²) in [6, 6.07) is 4.46. The van der Waals surface area contributed by atoms with E-state index in [-0.39, 0.29) is 5.91 Å². The van der Waals surface area contributed by atoms with Crippen molar-refractivity contribution in [1.82, 2.24) is 24.8 Å². The molecule has 0 fully saturated rings. The number of rotatable bonds is 9. The molecule has 1 amide bonds. The van der Waals surface area contributed by atoms with E-state index in [2.05, 4.69) is 69.0 Å². The third-order valence-corrected chi connectivity index (χ3v) is 6.48. The predicted octanol–water partition coefficient (Wildman–Crippen LogP) is 4.32. The lowest BCUT2D eigenvalue weighted by molar-refractivity contribution is 0.0953. The molecule has 3 aromatic rings. The number of hydrogen-bond acceptors (Lipinski definition) is 4. The van der Waals surface area contributed by atoms with Gasteiger partial charge >= 0.3 is 0 Å². The third-order valence-electron chi connectivity index (χ3n) is 6.48. The summed E-state index contributed by atoms with van der Waals surface area (Å²) >= 11 is 0. The molecule has 0 atom stereocenters. The van der Waals surface area contributed by atoms with Crippen molar-refractivity contribution in [3.05, 3.63) is 63.1 Å². The van der Waals surface area contributed by atoms with Gasteiger partial charge in [-0.25, -0.2) is 9.50 Å². The normalized spacial score (nSPS) is 11.5. The van der Waals surface area contributed by atoms with E-state index in [0.717, 1.165) is 43.9 Å². The smallest absolute Gasteiger partial charge is 0.256 e. The molecule has 1 aromatic carbocycles. The summed E-state index contributed by atoms with van der Waals surface area (Å²) in [4.78, 5) is 20.0. The van der Waals surface area contributed by atoms with Gasteiger partial charge < -0.3 is 10.2 Å². The van der Waals surface area contributed by atoms with Gasteiger partial charge in [0.15, 0.2) is 5.65 Å². The van der Waals surface area contributed by atoms with Gasteiger partial charge in [-0.15, -0.1) is 0 Å². The SMILES string of the molecule is CCN(CC)CCCNC(=O)c1cnn2c(C)c(Cc3c(C)cc(C)cc3C)c(C)nc12. The first kappa shape index (κ1) is 23.9. The Bertz CT molecular complexity index is 1090. The van der Waals surface area contributed by atoms with Crippen LogP contribution in [0.4, 0.5) is 0 Å². The fourth-order valence-electron chi connectivity index (χ4n) is 4.53. The number of fused-ring (bicyclic) bond motifs is 1. The molecule has 0 unspecified atom stereocenters. The maximum Gasteiger partial charge on any atom is 0.256 e. The first-order chi connectivity index (χ1) is 15.3. The van der Waals surface area contributed by atoms with Crippen LogP contribution in [0.5, 0.6) is 0 Å². The minimum Gasteiger partial charge on any atom is -0.352 e. The molecule has 2 heterocycles. The van der Waals surface area contributed by atoms with E-state index in [9.17, 15) is 4.79 Å². The van der Waals surface area contributed by atoms with E-state index in [1.807, 2.05) is 11.4 Å². The monoisotopic (exact) mass is 435 g/mol. The van der Waals surface area contributed by atoms with Crippen molar-refractivity contribution in [2.75, 3.05) is 26.2 Å². The molecule has 2 aromatic heterocycles. The summed E-state index contributed by atoms with van der Waals surface area (Å²) in [6.07, 6.45) is 3.38. The lowest BCUT2D eigenvalue weighted by Crippen LogP contribution is -2.30. The Morgan fingerprint density at radius 1 is 1.03 bits per heavy atom. The van der Waals surface area contributed by atoms with Crippen LogP contribution in [0.2, 0.25) is 0 Å². The van der Waals surface area contributed by atoms with Crippen LogP contribution in [0.25, 0.3) is 5.65 Å². The number of aromatic nitrogens is 3.